The first-order valence-corrected chi connectivity index (χ1v) is 10.7. The monoisotopic (exact) mass is 473 g/mol. The first kappa shape index (κ1) is 26.4. The maximum atomic E-state index is 13.5. The third kappa shape index (κ3) is 4.61. The molecule has 1 amide bonds. The second-order valence-electron chi connectivity index (χ2n) is 8.19. The largest absolute Gasteiger partial charge is 0.511 e. The van der Waals surface area contributed by atoms with Crippen LogP contribution in [0.1, 0.15) is 48.5 Å². The molecule has 0 bridgehead atoms. The molecule has 2 rings (SSSR count). The summed E-state index contributed by atoms with van der Waals surface area (Å²) in [4.78, 5) is 62.2. The molecule has 0 radical (unpaired) electrons. The number of esters is 3. The highest BCUT2D eigenvalue weighted by Gasteiger charge is 2.76. The van der Waals surface area contributed by atoms with E-state index < -0.39 is 78.0 Å². The Bertz CT molecular complexity index is 790. The topological polar surface area (TPSA) is 155 Å². The number of carbonyl (C=O) groups is 5. The van der Waals surface area contributed by atoms with Crippen molar-refractivity contribution in [3.8, 4) is 0 Å². The van der Waals surface area contributed by atoms with Crippen LogP contribution < -0.4 is 0 Å². The van der Waals surface area contributed by atoms with E-state index in [2.05, 4.69) is 4.74 Å². The van der Waals surface area contributed by atoms with Crippen molar-refractivity contribution < 1.29 is 52.8 Å². The van der Waals surface area contributed by atoms with Crippen molar-refractivity contribution in [2.45, 2.75) is 85.2 Å². The zero-order valence-electron chi connectivity index (χ0n) is 19.7. The number of hydrogen-bond acceptors (Lipinski definition) is 11. The van der Waals surface area contributed by atoms with Gasteiger partial charge in [-0.1, -0.05) is 6.92 Å². The van der Waals surface area contributed by atoms with Gasteiger partial charge in [-0.3, -0.25) is 14.4 Å². The van der Waals surface area contributed by atoms with E-state index in [1.54, 1.807) is 13.8 Å². The molecule has 12 nitrogen and oxygen atoms in total. The minimum atomic E-state index is -1.60. The minimum Gasteiger partial charge on any atom is -0.461 e. The third-order valence-corrected chi connectivity index (χ3v) is 6.13. The average Bonchev–Trinajstić information content (AvgIpc) is 2.89. The van der Waals surface area contributed by atoms with Gasteiger partial charge in [0.15, 0.2) is 0 Å². The second-order valence-corrected chi connectivity index (χ2v) is 8.19. The summed E-state index contributed by atoms with van der Waals surface area (Å²) < 4.78 is 25.1. The fourth-order valence-electron chi connectivity index (χ4n) is 4.84. The Balaban J connectivity index is 2.32. The molecule has 186 valence electrons. The van der Waals surface area contributed by atoms with Crippen molar-refractivity contribution in [3.05, 3.63) is 0 Å². The molecule has 0 aromatic rings. The molecule has 33 heavy (non-hydrogen) atoms. The SMILES string of the molecule is CCOC(=O)OC(C)OC(=O)C1C(C)C(O)[C@H]2N1C(=O)C2(C(C)OC(C)=O)C(C)OC(C)=O. The number of ether oxygens (including phenoxy) is 5. The number of rotatable bonds is 8. The number of hydrogen-bond donors (Lipinski definition) is 1. The van der Waals surface area contributed by atoms with E-state index in [4.69, 9.17) is 18.9 Å². The summed E-state index contributed by atoms with van der Waals surface area (Å²) in [5.74, 6) is -3.64. The number of aliphatic hydroxyl groups excluding tert-OH is 1. The van der Waals surface area contributed by atoms with Crippen LogP contribution in [0.2, 0.25) is 0 Å². The third-order valence-electron chi connectivity index (χ3n) is 6.13. The fraction of sp³-hybridized carbons (Fsp3) is 0.762. The Morgan fingerprint density at radius 1 is 1.00 bits per heavy atom. The molecule has 0 aromatic heterocycles. The Hall–Kier alpha value is -2.89. The van der Waals surface area contributed by atoms with Crippen LogP contribution >= 0.6 is 0 Å². The van der Waals surface area contributed by atoms with Crippen molar-refractivity contribution in [2.24, 2.45) is 11.3 Å². The Kier molecular flexibility index (Phi) is 7.94. The minimum absolute atomic E-state index is 0.0679. The van der Waals surface area contributed by atoms with Gasteiger partial charge in [-0.05, 0) is 20.8 Å². The van der Waals surface area contributed by atoms with Gasteiger partial charge in [0.05, 0.1) is 18.8 Å². The molecule has 12 heteroatoms. The van der Waals surface area contributed by atoms with E-state index in [1.165, 1.54) is 34.6 Å². The molecule has 2 fully saturated rings. The lowest BCUT2D eigenvalue weighted by atomic mass is 9.62. The van der Waals surface area contributed by atoms with Crippen molar-refractivity contribution in [2.75, 3.05) is 6.61 Å². The van der Waals surface area contributed by atoms with Crippen LogP contribution in [-0.2, 0) is 42.9 Å². The Morgan fingerprint density at radius 2 is 1.52 bits per heavy atom. The van der Waals surface area contributed by atoms with Crippen LogP contribution in [0.3, 0.4) is 0 Å². The highest BCUT2D eigenvalue weighted by atomic mass is 16.8. The lowest BCUT2D eigenvalue weighted by Gasteiger charge is -2.58. The van der Waals surface area contributed by atoms with E-state index in [1.807, 2.05) is 0 Å². The second kappa shape index (κ2) is 9.94. The number of amides is 1. The summed E-state index contributed by atoms with van der Waals surface area (Å²) in [5, 5.41) is 11.0. The molecule has 0 saturated carbocycles. The summed E-state index contributed by atoms with van der Waals surface area (Å²) in [7, 11) is 0. The highest BCUT2D eigenvalue weighted by Crippen LogP contribution is 2.55. The van der Waals surface area contributed by atoms with E-state index in [-0.39, 0.29) is 6.61 Å². The van der Waals surface area contributed by atoms with Crippen molar-refractivity contribution in [3.63, 3.8) is 0 Å². The molecule has 0 spiro atoms. The Labute approximate surface area is 191 Å². The highest BCUT2D eigenvalue weighted by molar-refractivity contribution is 5.97. The normalized spacial score (nSPS) is 30.8. The van der Waals surface area contributed by atoms with Gasteiger partial charge >= 0.3 is 24.1 Å². The van der Waals surface area contributed by atoms with Crippen LogP contribution in [0.5, 0.6) is 0 Å². The van der Waals surface area contributed by atoms with Gasteiger partial charge in [0, 0.05) is 26.7 Å². The summed E-state index contributed by atoms with van der Waals surface area (Å²) >= 11 is 0. The van der Waals surface area contributed by atoms with Crippen LogP contribution in [0.25, 0.3) is 0 Å². The van der Waals surface area contributed by atoms with E-state index in [9.17, 15) is 29.1 Å². The van der Waals surface area contributed by atoms with Gasteiger partial charge in [0.25, 0.3) is 0 Å². The van der Waals surface area contributed by atoms with Gasteiger partial charge in [-0.15, -0.1) is 0 Å². The molecule has 2 aliphatic rings. The molecule has 2 saturated heterocycles. The maximum Gasteiger partial charge on any atom is 0.511 e. The number of carbonyl (C=O) groups excluding carboxylic acids is 5. The summed E-state index contributed by atoms with van der Waals surface area (Å²) in [6, 6.07) is -2.20. The fourth-order valence-corrected chi connectivity index (χ4v) is 4.84. The number of β-lactam (4-membered cyclic amide) rings is 1. The van der Waals surface area contributed by atoms with Gasteiger partial charge in [-0.2, -0.15) is 0 Å². The quantitative estimate of drug-likeness (QED) is 0.227. The molecule has 0 aromatic carbocycles. The number of aliphatic hydroxyl groups is 1. The molecule has 2 aliphatic heterocycles. The van der Waals surface area contributed by atoms with E-state index >= 15 is 0 Å². The Morgan fingerprint density at radius 3 is 1.97 bits per heavy atom. The molecular weight excluding hydrogens is 442 g/mol. The van der Waals surface area contributed by atoms with Crippen molar-refractivity contribution in [1.29, 1.82) is 0 Å². The van der Waals surface area contributed by atoms with Crippen LogP contribution in [0.4, 0.5) is 4.79 Å². The lowest BCUT2D eigenvalue weighted by molar-refractivity contribution is -0.225. The maximum absolute atomic E-state index is 13.5. The molecule has 1 N–H and O–H groups in total. The predicted octanol–water partition coefficient (Wildman–Crippen LogP) is 0.528. The van der Waals surface area contributed by atoms with E-state index in [0.717, 1.165) is 4.90 Å². The van der Waals surface area contributed by atoms with Crippen LogP contribution in [0.15, 0.2) is 0 Å². The number of fused-ring (bicyclic) bond motifs is 1. The first-order valence-electron chi connectivity index (χ1n) is 10.7. The number of nitrogens with zero attached hydrogens (tertiary/aromatic N) is 1. The average molecular weight is 473 g/mol. The van der Waals surface area contributed by atoms with Crippen LogP contribution in [0, 0.1) is 11.3 Å². The van der Waals surface area contributed by atoms with Crippen molar-refractivity contribution in [1.82, 2.24) is 4.90 Å². The zero-order valence-corrected chi connectivity index (χ0v) is 19.7. The standard InChI is InChI=1S/C21H31NO11/c1-8-29-20(28)33-14(7)32-18(26)15-9(2)16(25)17-21(19(27)22(15)17,10(3)30-12(5)23)11(4)31-13(6)24/h9-11,14-17,25H,8H2,1-7H3/t9?,10?,11?,14?,15?,16?,17-,21?/m1/s1. The molecule has 2 heterocycles. The van der Waals surface area contributed by atoms with Crippen molar-refractivity contribution >= 4 is 30.0 Å². The smallest absolute Gasteiger partial charge is 0.461 e. The first-order chi connectivity index (χ1) is 15.3. The van der Waals surface area contributed by atoms with Gasteiger partial charge < -0.3 is 33.7 Å². The summed E-state index contributed by atoms with van der Waals surface area (Å²) in [5.41, 5.74) is -1.60. The molecule has 6 unspecified atom stereocenters. The molecule has 7 atom stereocenters. The van der Waals surface area contributed by atoms with Gasteiger partial charge in [0.1, 0.15) is 23.7 Å². The predicted molar refractivity (Wildman–Crippen MR) is 108 cm³/mol. The summed E-state index contributed by atoms with van der Waals surface area (Å²) in [6.45, 7) is 9.77. The van der Waals surface area contributed by atoms with Crippen LogP contribution in [-0.4, -0.2) is 83.3 Å². The zero-order chi connectivity index (χ0) is 25.2. The summed E-state index contributed by atoms with van der Waals surface area (Å²) in [6.07, 6.45) is -5.69. The van der Waals surface area contributed by atoms with Gasteiger partial charge in [-0.25, -0.2) is 9.59 Å². The molecule has 0 aliphatic carbocycles. The van der Waals surface area contributed by atoms with E-state index in [0.29, 0.717) is 0 Å². The van der Waals surface area contributed by atoms with Gasteiger partial charge in [0.2, 0.25) is 12.2 Å². The lowest BCUT2D eigenvalue weighted by Crippen LogP contribution is -2.78. The molecular formula is C21H31NO11.